The first kappa shape index (κ1) is 13.4. The minimum Gasteiger partial charge on any atom is -0.297 e. The lowest BCUT2D eigenvalue weighted by Crippen LogP contribution is -2.60. The highest BCUT2D eigenvalue weighted by atomic mass is 19.4. The van der Waals surface area contributed by atoms with Crippen molar-refractivity contribution in [2.24, 2.45) is 5.41 Å². The molecule has 0 aromatic rings. The number of alkyl halides is 3. The van der Waals surface area contributed by atoms with Crippen molar-refractivity contribution < 1.29 is 18.0 Å². The summed E-state index contributed by atoms with van der Waals surface area (Å²) in [4.78, 5) is 11.8. The summed E-state index contributed by atoms with van der Waals surface area (Å²) in [5.74, 6) is -0.0689. The molecule has 1 heterocycles. The van der Waals surface area contributed by atoms with Crippen LogP contribution in [0.2, 0.25) is 0 Å². The van der Waals surface area contributed by atoms with Crippen molar-refractivity contribution in [1.29, 1.82) is 0 Å². The van der Waals surface area contributed by atoms with Crippen LogP contribution in [-0.4, -0.2) is 24.0 Å². The van der Waals surface area contributed by atoms with Crippen molar-refractivity contribution in [2.45, 2.75) is 51.9 Å². The van der Waals surface area contributed by atoms with Gasteiger partial charge in [0, 0.05) is 5.41 Å². The monoisotopic (exact) mass is 238 g/mol. The Morgan fingerprint density at radius 3 is 2.00 bits per heavy atom. The number of hydrogen-bond acceptors (Lipinski definition) is 3. The molecule has 0 spiro atoms. The van der Waals surface area contributed by atoms with Gasteiger partial charge >= 0.3 is 6.18 Å². The summed E-state index contributed by atoms with van der Waals surface area (Å²) >= 11 is 0. The number of rotatable bonds is 1. The van der Waals surface area contributed by atoms with E-state index in [0.717, 1.165) is 0 Å². The molecule has 1 saturated heterocycles. The molecule has 2 unspecified atom stereocenters. The Bertz CT molecular complexity index is 262. The zero-order valence-electron chi connectivity index (χ0n) is 9.61. The van der Waals surface area contributed by atoms with Crippen LogP contribution in [0.1, 0.15) is 33.6 Å². The summed E-state index contributed by atoms with van der Waals surface area (Å²) in [5, 5.41) is 0. The second-order valence-corrected chi connectivity index (χ2v) is 5.13. The number of Topliss-reactive ketones (excluding diaryl/α,β-unsaturated/α-hetero) is 1. The van der Waals surface area contributed by atoms with E-state index in [1.165, 1.54) is 0 Å². The van der Waals surface area contributed by atoms with Crippen LogP contribution >= 0.6 is 0 Å². The van der Waals surface area contributed by atoms with Gasteiger partial charge in [-0.2, -0.15) is 13.2 Å². The summed E-state index contributed by atoms with van der Waals surface area (Å²) in [5.41, 5.74) is 4.09. The van der Waals surface area contributed by atoms with Crippen molar-refractivity contribution in [1.82, 2.24) is 10.9 Å². The lowest BCUT2D eigenvalue weighted by atomic mass is 9.84. The van der Waals surface area contributed by atoms with Crippen LogP contribution in [0.25, 0.3) is 0 Å². The highest BCUT2D eigenvalue weighted by molar-refractivity contribution is 5.88. The quantitative estimate of drug-likeness (QED) is 0.731. The Balaban J connectivity index is 2.53. The lowest BCUT2D eigenvalue weighted by molar-refractivity contribution is -0.167. The van der Waals surface area contributed by atoms with E-state index in [0.29, 0.717) is 0 Å². The van der Waals surface area contributed by atoms with Crippen molar-refractivity contribution in [3.05, 3.63) is 0 Å². The maximum atomic E-state index is 12.3. The summed E-state index contributed by atoms with van der Waals surface area (Å²) < 4.78 is 36.9. The fraction of sp³-hybridized carbons (Fsp3) is 0.900. The average molecular weight is 238 g/mol. The van der Waals surface area contributed by atoms with Crippen LogP contribution in [0.5, 0.6) is 0 Å². The van der Waals surface area contributed by atoms with Gasteiger partial charge in [-0.05, 0) is 12.8 Å². The van der Waals surface area contributed by atoms with Gasteiger partial charge in [0.1, 0.15) is 6.04 Å². The van der Waals surface area contributed by atoms with Gasteiger partial charge in [-0.3, -0.25) is 4.79 Å². The molecular weight excluding hydrogens is 221 g/mol. The van der Waals surface area contributed by atoms with Crippen molar-refractivity contribution in [3.8, 4) is 0 Å². The summed E-state index contributed by atoms with van der Waals surface area (Å²) in [6, 6.07) is -2.09. The Morgan fingerprint density at radius 1 is 1.12 bits per heavy atom. The molecule has 0 radical (unpaired) electrons. The molecule has 0 aliphatic carbocycles. The minimum atomic E-state index is -4.26. The summed E-state index contributed by atoms with van der Waals surface area (Å²) in [6.45, 7) is 5.27. The molecule has 1 fully saturated rings. The number of hydrazine groups is 1. The number of hydrogen-bond donors (Lipinski definition) is 2. The van der Waals surface area contributed by atoms with E-state index in [9.17, 15) is 18.0 Å². The fourth-order valence-electron chi connectivity index (χ4n) is 1.64. The van der Waals surface area contributed by atoms with E-state index in [4.69, 9.17) is 0 Å². The first-order valence-corrected chi connectivity index (χ1v) is 5.24. The molecular formula is C10H17F3N2O. The maximum Gasteiger partial charge on any atom is 0.405 e. The van der Waals surface area contributed by atoms with E-state index in [1.54, 1.807) is 20.8 Å². The first-order chi connectivity index (χ1) is 7.12. The van der Waals surface area contributed by atoms with Crippen molar-refractivity contribution >= 4 is 5.78 Å². The minimum absolute atomic E-state index is 0.0665. The third-order valence-corrected chi connectivity index (χ3v) is 2.63. The Kier molecular flexibility index (Phi) is 3.64. The molecule has 1 aliphatic heterocycles. The SMILES string of the molecule is CC(C)(C)C(=O)C1CCC(C(F)(F)F)NN1. The molecule has 0 saturated carbocycles. The van der Waals surface area contributed by atoms with Gasteiger partial charge in [0.2, 0.25) is 0 Å². The lowest BCUT2D eigenvalue weighted by Gasteiger charge is -2.34. The van der Waals surface area contributed by atoms with E-state index in [1.807, 2.05) is 0 Å². The normalized spacial score (nSPS) is 27.9. The second kappa shape index (κ2) is 4.33. The van der Waals surface area contributed by atoms with Crippen LogP contribution in [0.4, 0.5) is 13.2 Å². The molecule has 1 aliphatic rings. The third-order valence-electron chi connectivity index (χ3n) is 2.63. The van der Waals surface area contributed by atoms with E-state index < -0.39 is 23.7 Å². The number of ketones is 1. The van der Waals surface area contributed by atoms with Gasteiger partial charge in [0.25, 0.3) is 0 Å². The van der Waals surface area contributed by atoms with Gasteiger partial charge in [0.15, 0.2) is 5.78 Å². The predicted molar refractivity (Wildman–Crippen MR) is 53.6 cm³/mol. The number of nitrogens with one attached hydrogen (secondary N) is 2. The molecule has 0 amide bonds. The molecule has 0 bridgehead atoms. The van der Waals surface area contributed by atoms with E-state index in [2.05, 4.69) is 10.9 Å². The average Bonchev–Trinajstić information content (AvgIpc) is 2.14. The van der Waals surface area contributed by atoms with Crippen molar-refractivity contribution in [3.63, 3.8) is 0 Å². The van der Waals surface area contributed by atoms with Gasteiger partial charge in [0.05, 0.1) is 6.04 Å². The van der Waals surface area contributed by atoms with Gasteiger partial charge in [-0.1, -0.05) is 20.8 Å². The topological polar surface area (TPSA) is 41.1 Å². The van der Waals surface area contributed by atoms with Crippen molar-refractivity contribution in [2.75, 3.05) is 0 Å². The Hall–Kier alpha value is -0.620. The zero-order chi connectivity index (χ0) is 12.6. The Morgan fingerprint density at radius 2 is 1.69 bits per heavy atom. The Labute approximate surface area is 92.7 Å². The molecule has 2 N–H and O–H groups in total. The van der Waals surface area contributed by atoms with Crippen LogP contribution in [0, 0.1) is 5.41 Å². The van der Waals surface area contributed by atoms with E-state index >= 15 is 0 Å². The number of carbonyl (C=O) groups is 1. The smallest absolute Gasteiger partial charge is 0.297 e. The van der Waals surface area contributed by atoms with Crippen LogP contribution < -0.4 is 10.9 Å². The zero-order valence-corrected chi connectivity index (χ0v) is 9.61. The molecule has 0 aromatic heterocycles. The largest absolute Gasteiger partial charge is 0.405 e. The molecule has 1 rings (SSSR count). The second-order valence-electron chi connectivity index (χ2n) is 5.13. The van der Waals surface area contributed by atoms with Crippen LogP contribution in [0.3, 0.4) is 0 Å². The fourth-order valence-corrected chi connectivity index (χ4v) is 1.64. The van der Waals surface area contributed by atoms with Crippen LogP contribution in [0.15, 0.2) is 0 Å². The molecule has 94 valence electrons. The predicted octanol–water partition coefficient (Wildman–Crippen LogP) is 1.79. The summed E-state index contributed by atoms with van der Waals surface area (Å²) in [6.07, 6.45) is -4.11. The maximum absolute atomic E-state index is 12.3. The molecule has 0 aromatic carbocycles. The first-order valence-electron chi connectivity index (χ1n) is 5.24. The standard InChI is InChI=1S/C10H17F3N2O/c1-9(2,3)8(16)6-4-5-7(15-14-6)10(11,12)13/h6-7,14-15H,4-5H2,1-3H3. The number of carbonyl (C=O) groups excluding carboxylic acids is 1. The highest BCUT2D eigenvalue weighted by Crippen LogP contribution is 2.27. The number of halogens is 3. The summed E-state index contributed by atoms with van der Waals surface area (Å²) in [7, 11) is 0. The molecule has 16 heavy (non-hydrogen) atoms. The van der Waals surface area contributed by atoms with Gasteiger partial charge < -0.3 is 0 Å². The van der Waals surface area contributed by atoms with Crippen LogP contribution in [-0.2, 0) is 4.79 Å². The molecule has 6 heteroatoms. The highest BCUT2D eigenvalue weighted by Gasteiger charge is 2.43. The van der Waals surface area contributed by atoms with Gasteiger partial charge in [-0.25, -0.2) is 10.9 Å². The van der Waals surface area contributed by atoms with Gasteiger partial charge in [-0.15, -0.1) is 0 Å². The molecule has 2 atom stereocenters. The van der Waals surface area contributed by atoms with E-state index in [-0.39, 0.29) is 18.6 Å². The third kappa shape index (κ3) is 3.18. The molecule has 3 nitrogen and oxygen atoms in total.